The molecular weight excluding hydrogens is 200 g/mol. The average Bonchev–Trinajstić information content (AvgIpc) is 2.23. The highest BCUT2D eigenvalue weighted by atomic mass is 16.2. The van der Waals surface area contributed by atoms with Crippen LogP contribution in [0.3, 0.4) is 0 Å². The van der Waals surface area contributed by atoms with Gasteiger partial charge in [-0.3, -0.25) is 4.79 Å². The van der Waals surface area contributed by atoms with Crippen molar-refractivity contribution in [1.82, 2.24) is 0 Å². The van der Waals surface area contributed by atoms with E-state index in [4.69, 9.17) is 5.73 Å². The molecule has 1 aliphatic heterocycles. The number of carbonyl (C=O) groups is 1. The quantitative estimate of drug-likeness (QED) is 0.817. The van der Waals surface area contributed by atoms with Gasteiger partial charge in [0.15, 0.2) is 0 Å². The van der Waals surface area contributed by atoms with Gasteiger partial charge in [-0.05, 0) is 37.0 Å². The van der Waals surface area contributed by atoms with Crippen molar-refractivity contribution >= 4 is 11.6 Å². The lowest BCUT2D eigenvalue weighted by Gasteiger charge is -2.27. The van der Waals surface area contributed by atoms with Gasteiger partial charge in [0.1, 0.15) is 0 Å². The van der Waals surface area contributed by atoms with Crippen LogP contribution >= 0.6 is 0 Å². The van der Waals surface area contributed by atoms with Crippen LogP contribution in [0, 0.1) is 0 Å². The molecule has 1 heterocycles. The standard InChI is InChI=1S/C13H18N2O/c1-9(14)8-10-4-3-5-12-11(10)6-7-13(16)15(12)2/h3-5,9H,6-8,14H2,1-2H3. The zero-order valence-corrected chi connectivity index (χ0v) is 9.86. The van der Waals surface area contributed by atoms with Gasteiger partial charge in [-0.25, -0.2) is 0 Å². The molecule has 0 aromatic heterocycles. The van der Waals surface area contributed by atoms with Crippen LogP contribution in [0.15, 0.2) is 18.2 Å². The first-order valence-electron chi connectivity index (χ1n) is 5.72. The molecule has 3 heteroatoms. The highest BCUT2D eigenvalue weighted by molar-refractivity contribution is 5.96. The molecule has 0 aliphatic carbocycles. The maximum atomic E-state index is 11.6. The lowest BCUT2D eigenvalue weighted by atomic mass is 9.93. The van der Waals surface area contributed by atoms with E-state index < -0.39 is 0 Å². The third kappa shape index (κ3) is 1.95. The summed E-state index contributed by atoms with van der Waals surface area (Å²) in [5, 5.41) is 0. The number of carbonyl (C=O) groups excluding carboxylic acids is 1. The largest absolute Gasteiger partial charge is 0.328 e. The Balaban J connectivity index is 2.40. The van der Waals surface area contributed by atoms with Crippen LogP contribution in [0.5, 0.6) is 0 Å². The van der Waals surface area contributed by atoms with E-state index in [1.54, 1.807) is 4.90 Å². The Morgan fingerprint density at radius 2 is 2.19 bits per heavy atom. The fraction of sp³-hybridized carbons (Fsp3) is 0.462. The van der Waals surface area contributed by atoms with Crippen LogP contribution in [0.25, 0.3) is 0 Å². The number of rotatable bonds is 2. The van der Waals surface area contributed by atoms with E-state index in [1.165, 1.54) is 11.1 Å². The molecule has 3 nitrogen and oxygen atoms in total. The molecule has 0 saturated carbocycles. The molecule has 1 unspecified atom stereocenters. The van der Waals surface area contributed by atoms with Crippen molar-refractivity contribution in [2.75, 3.05) is 11.9 Å². The Kier molecular flexibility index (Phi) is 2.97. The van der Waals surface area contributed by atoms with E-state index in [0.29, 0.717) is 6.42 Å². The van der Waals surface area contributed by atoms with E-state index in [9.17, 15) is 4.79 Å². The molecule has 0 saturated heterocycles. The number of benzene rings is 1. The molecule has 1 aliphatic rings. The molecule has 0 spiro atoms. The summed E-state index contributed by atoms with van der Waals surface area (Å²) in [7, 11) is 1.84. The first-order valence-corrected chi connectivity index (χ1v) is 5.72. The smallest absolute Gasteiger partial charge is 0.227 e. The van der Waals surface area contributed by atoms with Gasteiger partial charge in [0.25, 0.3) is 0 Å². The molecule has 1 amide bonds. The lowest BCUT2D eigenvalue weighted by Crippen LogP contribution is -2.32. The van der Waals surface area contributed by atoms with Crippen molar-refractivity contribution in [3.05, 3.63) is 29.3 Å². The lowest BCUT2D eigenvalue weighted by molar-refractivity contribution is -0.118. The normalized spacial score (nSPS) is 17.2. The summed E-state index contributed by atoms with van der Waals surface area (Å²) in [6.45, 7) is 2.01. The zero-order valence-electron chi connectivity index (χ0n) is 9.86. The van der Waals surface area contributed by atoms with Crippen LogP contribution in [0.2, 0.25) is 0 Å². The van der Waals surface area contributed by atoms with Crippen LogP contribution in [0.4, 0.5) is 5.69 Å². The number of hydrogen-bond acceptors (Lipinski definition) is 2. The van der Waals surface area contributed by atoms with Gasteiger partial charge in [0.05, 0.1) is 0 Å². The number of amides is 1. The van der Waals surface area contributed by atoms with E-state index >= 15 is 0 Å². The summed E-state index contributed by atoms with van der Waals surface area (Å²) in [5.74, 6) is 0.199. The minimum absolute atomic E-state index is 0.162. The number of fused-ring (bicyclic) bond motifs is 1. The highest BCUT2D eigenvalue weighted by Crippen LogP contribution is 2.29. The molecule has 86 valence electrons. The first-order chi connectivity index (χ1) is 7.59. The SMILES string of the molecule is CC(N)Cc1cccc2c1CCC(=O)N2C. The van der Waals surface area contributed by atoms with E-state index in [1.807, 2.05) is 26.1 Å². The minimum Gasteiger partial charge on any atom is -0.328 e. The Labute approximate surface area is 96.2 Å². The molecule has 0 fully saturated rings. The minimum atomic E-state index is 0.162. The molecule has 1 atom stereocenters. The molecule has 1 aromatic carbocycles. The fourth-order valence-electron chi connectivity index (χ4n) is 2.30. The Morgan fingerprint density at radius 3 is 2.88 bits per heavy atom. The van der Waals surface area contributed by atoms with Crippen molar-refractivity contribution < 1.29 is 4.79 Å². The summed E-state index contributed by atoms with van der Waals surface area (Å²) in [6, 6.07) is 6.29. The Morgan fingerprint density at radius 1 is 1.44 bits per heavy atom. The highest BCUT2D eigenvalue weighted by Gasteiger charge is 2.22. The van der Waals surface area contributed by atoms with Crippen molar-refractivity contribution in [3.63, 3.8) is 0 Å². The number of nitrogens with two attached hydrogens (primary N) is 1. The summed E-state index contributed by atoms with van der Waals surface area (Å²) in [5.41, 5.74) is 9.47. The Hall–Kier alpha value is -1.35. The molecule has 2 N–H and O–H groups in total. The van der Waals surface area contributed by atoms with Crippen LogP contribution < -0.4 is 10.6 Å². The third-order valence-corrected chi connectivity index (χ3v) is 3.11. The molecule has 2 rings (SSSR count). The van der Waals surface area contributed by atoms with E-state index in [0.717, 1.165) is 18.5 Å². The van der Waals surface area contributed by atoms with Crippen molar-refractivity contribution in [2.45, 2.75) is 32.2 Å². The summed E-state index contributed by atoms with van der Waals surface area (Å²) < 4.78 is 0. The van der Waals surface area contributed by atoms with Gasteiger partial charge in [-0.1, -0.05) is 12.1 Å². The Bertz CT molecular complexity index is 412. The van der Waals surface area contributed by atoms with Gasteiger partial charge >= 0.3 is 0 Å². The predicted molar refractivity (Wildman–Crippen MR) is 65.5 cm³/mol. The second-order valence-electron chi connectivity index (χ2n) is 4.55. The van der Waals surface area contributed by atoms with Crippen molar-refractivity contribution in [1.29, 1.82) is 0 Å². The molecular formula is C13H18N2O. The van der Waals surface area contributed by atoms with Gasteiger partial charge in [0.2, 0.25) is 5.91 Å². The number of nitrogens with zero attached hydrogens (tertiary/aromatic N) is 1. The molecule has 0 bridgehead atoms. The van der Waals surface area contributed by atoms with E-state index in [-0.39, 0.29) is 11.9 Å². The number of anilines is 1. The first kappa shape index (κ1) is 11.1. The van der Waals surface area contributed by atoms with Crippen molar-refractivity contribution in [3.8, 4) is 0 Å². The fourth-order valence-corrected chi connectivity index (χ4v) is 2.30. The van der Waals surface area contributed by atoms with Gasteiger partial charge in [-0.2, -0.15) is 0 Å². The number of hydrogen-bond donors (Lipinski definition) is 1. The van der Waals surface area contributed by atoms with Gasteiger partial charge in [0, 0.05) is 25.2 Å². The maximum Gasteiger partial charge on any atom is 0.227 e. The predicted octanol–water partition coefficient (Wildman–Crippen LogP) is 1.49. The zero-order chi connectivity index (χ0) is 11.7. The van der Waals surface area contributed by atoms with Crippen molar-refractivity contribution in [2.24, 2.45) is 5.73 Å². The monoisotopic (exact) mass is 218 g/mol. The molecule has 16 heavy (non-hydrogen) atoms. The van der Waals surface area contributed by atoms with Gasteiger partial charge < -0.3 is 10.6 Å². The second-order valence-corrected chi connectivity index (χ2v) is 4.55. The topological polar surface area (TPSA) is 46.3 Å². The molecule has 0 radical (unpaired) electrons. The van der Waals surface area contributed by atoms with Gasteiger partial charge in [-0.15, -0.1) is 0 Å². The maximum absolute atomic E-state index is 11.6. The van der Waals surface area contributed by atoms with Crippen LogP contribution in [-0.4, -0.2) is 19.0 Å². The summed E-state index contributed by atoms with van der Waals surface area (Å²) in [6.07, 6.45) is 2.34. The molecule has 1 aromatic rings. The van der Waals surface area contributed by atoms with Crippen LogP contribution in [0.1, 0.15) is 24.5 Å². The van der Waals surface area contributed by atoms with Crippen LogP contribution in [-0.2, 0) is 17.6 Å². The van der Waals surface area contributed by atoms with E-state index in [2.05, 4.69) is 6.07 Å². The summed E-state index contributed by atoms with van der Waals surface area (Å²) >= 11 is 0. The summed E-state index contributed by atoms with van der Waals surface area (Å²) in [4.78, 5) is 13.3. The average molecular weight is 218 g/mol. The second kappa shape index (κ2) is 4.26. The third-order valence-electron chi connectivity index (χ3n) is 3.11.